The maximum absolute atomic E-state index is 12.5. The van der Waals surface area contributed by atoms with Crippen molar-refractivity contribution >= 4 is 11.7 Å². The van der Waals surface area contributed by atoms with E-state index in [1.165, 1.54) is 5.56 Å². The van der Waals surface area contributed by atoms with Gasteiger partial charge in [-0.05, 0) is 61.1 Å². The topological polar surface area (TPSA) is 89.4 Å². The number of ether oxygens (including phenoxy) is 1. The Morgan fingerprint density at radius 2 is 1.80 bits per heavy atom. The highest BCUT2D eigenvalue weighted by atomic mass is 16.5. The van der Waals surface area contributed by atoms with E-state index in [1.807, 2.05) is 35.1 Å². The molecular formula is C27H31N5O3. The molecule has 2 aliphatic rings. The molecular weight excluding hydrogens is 442 g/mol. The Kier molecular flexibility index (Phi) is 6.63. The van der Waals surface area contributed by atoms with Crippen LogP contribution in [0, 0.1) is 5.92 Å². The first-order valence-electron chi connectivity index (χ1n) is 12.2. The van der Waals surface area contributed by atoms with Crippen molar-refractivity contribution in [3.63, 3.8) is 0 Å². The van der Waals surface area contributed by atoms with Crippen LogP contribution in [0.2, 0.25) is 0 Å². The van der Waals surface area contributed by atoms with Crippen LogP contribution in [0.3, 0.4) is 0 Å². The molecule has 182 valence electrons. The van der Waals surface area contributed by atoms with Gasteiger partial charge in [-0.2, -0.15) is 0 Å². The lowest BCUT2D eigenvalue weighted by Gasteiger charge is -2.43. The number of carbonyl (C=O) groups excluding carboxylic acids is 2. The molecule has 1 aliphatic carbocycles. The quantitative estimate of drug-likeness (QED) is 0.451. The molecule has 3 aromatic rings. The van der Waals surface area contributed by atoms with Gasteiger partial charge in [0.2, 0.25) is 0 Å². The highest BCUT2D eigenvalue weighted by Crippen LogP contribution is 2.34. The number of benzene rings is 2. The number of hydrogen-bond acceptors (Lipinski definition) is 6. The number of ketones is 1. The maximum Gasteiger partial charge on any atom is 0.251 e. The Hall–Kier alpha value is -3.52. The SMILES string of the molecule is CNC(=O)c1ccc(COc2ccc(C(C)N3CC(CC(=O)c4cn(C5CC5)nn4)C3)cc2)cc1. The highest BCUT2D eigenvalue weighted by molar-refractivity contribution is 5.94. The Morgan fingerprint density at radius 3 is 2.46 bits per heavy atom. The normalized spacial score (nSPS) is 17.0. The molecule has 2 fully saturated rings. The number of aromatic nitrogens is 3. The van der Waals surface area contributed by atoms with Crippen molar-refractivity contribution < 1.29 is 14.3 Å². The Balaban J connectivity index is 1.07. The van der Waals surface area contributed by atoms with Crippen LogP contribution in [0.4, 0.5) is 0 Å². The van der Waals surface area contributed by atoms with Crippen LogP contribution in [0.1, 0.15) is 70.2 Å². The van der Waals surface area contributed by atoms with Gasteiger partial charge in [-0.15, -0.1) is 5.10 Å². The molecule has 1 unspecified atom stereocenters. The molecule has 0 bridgehead atoms. The average molecular weight is 474 g/mol. The van der Waals surface area contributed by atoms with Gasteiger partial charge in [0, 0.05) is 38.2 Å². The van der Waals surface area contributed by atoms with Crippen molar-refractivity contribution in [1.29, 1.82) is 0 Å². The van der Waals surface area contributed by atoms with Gasteiger partial charge in [-0.25, -0.2) is 4.68 Å². The molecule has 1 saturated heterocycles. The largest absolute Gasteiger partial charge is 0.489 e. The van der Waals surface area contributed by atoms with Crippen molar-refractivity contribution in [3.05, 3.63) is 77.1 Å². The van der Waals surface area contributed by atoms with Crippen LogP contribution in [0.25, 0.3) is 0 Å². The molecule has 8 nitrogen and oxygen atoms in total. The van der Waals surface area contributed by atoms with E-state index in [-0.39, 0.29) is 17.7 Å². The fourth-order valence-corrected chi connectivity index (χ4v) is 4.46. The smallest absolute Gasteiger partial charge is 0.251 e. The zero-order valence-corrected chi connectivity index (χ0v) is 20.2. The van der Waals surface area contributed by atoms with E-state index in [0.29, 0.717) is 36.2 Å². The van der Waals surface area contributed by atoms with E-state index < -0.39 is 0 Å². The van der Waals surface area contributed by atoms with E-state index in [4.69, 9.17) is 4.74 Å². The summed E-state index contributed by atoms with van der Waals surface area (Å²) in [7, 11) is 1.62. The van der Waals surface area contributed by atoms with E-state index in [1.54, 1.807) is 19.2 Å². The van der Waals surface area contributed by atoms with Crippen LogP contribution in [-0.4, -0.2) is 51.7 Å². The third-order valence-electron chi connectivity index (χ3n) is 6.94. The average Bonchev–Trinajstić information content (AvgIpc) is 3.60. The van der Waals surface area contributed by atoms with Gasteiger partial charge in [0.1, 0.15) is 18.1 Å². The third kappa shape index (κ3) is 5.43. The minimum atomic E-state index is -0.0971. The number of nitrogens with zero attached hydrogens (tertiary/aromatic N) is 4. The molecule has 1 amide bonds. The number of hydrogen-bond donors (Lipinski definition) is 1. The summed E-state index contributed by atoms with van der Waals surface area (Å²) in [6, 6.07) is 16.3. The van der Waals surface area contributed by atoms with Crippen molar-refractivity contribution in [2.75, 3.05) is 20.1 Å². The van der Waals surface area contributed by atoms with Crippen molar-refractivity contribution in [3.8, 4) is 5.75 Å². The van der Waals surface area contributed by atoms with Gasteiger partial charge in [-0.3, -0.25) is 14.5 Å². The van der Waals surface area contributed by atoms with Gasteiger partial charge >= 0.3 is 0 Å². The van der Waals surface area contributed by atoms with Gasteiger partial charge in [0.05, 0.1) is 12.2 Å². The summed E-state index contributed by atoms with van der Waals surface area (Å²) in [6.07, 6.45) is 4.60. The second kappa shape index (κ2) is 10.00. The predicted molar refractivity (Wildman–Crippen MR) is 131 cm³/mol. The fraction of sp³-hybridized carbons (Fsp3) is 0.407. The molecule has 1 aliphatic heterocycles. The molecule has 1 saturated carbocycles. The highest BCUT2D eigenvalue weighted by Gasteiger charge is 2.33. The monoisotopic (exact) mass is 473 g/mol. The van der Waals surface area contributed by atoms with Crippen LogP contribution in [-0.2, 0) is 6.61 Å². The fourth-order valence-electron chi connectivity index (χ4n) is 4.46. The van der Waals surface area contributed by atoms with Gasteiger partial charge < -0.3 is 10.1 Å². The number of Topliss-reactive ketones (excluding diaryl/α,β-unsaturated/α-hetero) is 1. The summed E-state index contributed by atoms with van der Waals surface area (Å²) >= 11 is 0. The predicted octanol–water partition coefficient (Wildman–Crippen LogP) is 3.82. The number of likely N-dealkylation sites (tertiary alicyclic amines) is 1. The first-order chi connectivity index (χ1) is 17.0. The summed E-state index contributed by atoms with van der Waals surface area (Å²) < 4.78 is 7.75. The molecule has 2 heterocycles. The molecule has 1 N–H and O–H groups in total. The Labute approximate surface area is 205 Å². The molecule has 5 rings (SSSR count). The van der Waals surface area contributed by atoms with E-state index in [9.17, 15) is 9.59 Å². The van der Waals surface area contributed by atoms with Crippen molar-refractivity contribution in [2.24, 2.45) is 5.92 Å². The summed E-state index contributed by atoms with van der Waals surface area (Å²) in [6.45, 7) is 4.46. The molecule has 1 aromatic heterocycles. The first-order valence-corrected chi connectivity index (χ1v) is 12.2. The van der Waals surface area contributed by atoms with Gasteiger partial charge in [-0.1, -0.05) is 29.5 Å². The lowest BCUT2D eigenvalue weighted by molar-refractivity contribution is 0.0502. The second-order valence-electron chi connectivity index (χ2n) is 9.57. The number of rotatable bonds is 10. The Bertz CT molecular complexity index is 1180. The molecule has 35 heavy (non-hydrogen) atoms. The number of amides is 1. The first kappa shape index (κ1) is 23.2. The zero-order valence-electron chi connectivity index (χ0n) is 20.2. The van der Waals surface area contributed by atoms with Crippen LogP contribution in [0.15, 0.2) is 54.7 Å². The van der Waals surface area contributed by atoms with Gasteiger partial charge in [0.15, 0.2) is 5.78 Å². The summed E-state index contributed by atoms with van der Waals surface area (Å²) in [4.78, 5) is 26.6. The molecule has 2 aromatic carbocycles. The molecule has 0 radical (unpaired) electrons. The van der Waals surface area contributed by atoms with Crippen molar-refractivity contribution in [2.45, 2.75) is 44.9 Å². The van der Waals surface area contributed by atoms with Crippen LogP contribution >= 0.6 is 0 Å². The maximum atomic E-state index is 12.5. The zero-order chi connectivity index (χ0) is 24.4. The number of nitrogens with one attached hydrogen (secondary N) is 1. The van der Waals surface area contributed by atoms with Crippen LogP contribution in [0.5, 0.6) is 5.75 Å². The minimum Gasteiger partial charge on any atom is -0.489 e. The van der Waals surface area contributed by atoms with Gasteiger partial charge in [0.25, 0.3) is 5.91 Å². The minimum absolute atomic E-state index is 0.0963. The van der Waals surface area contributed by atoms with E-state index in [2.05, 4.69) is 39.6 Å². The molecule has 8 heteroatoms. The number of carbonyl (C=O) groups is 2. The Morgan fingerprint density at radius 1 is 1.09 bits per heavy atom. The van der Waals surface area contributed by atoms with Crippen LogP contribution < -0.4 is 10.1 Å². The molecule has 1 atom stereocenters. The van der Waals surface area contributed by atoms with E-state index >= 15 is 0 Å². The second-order valence-corrected chi connectivity index (χ2v) is 9.57. The van der Waals surface area contributed by atoms with Crippen molar-refractivity contribution in [1.82, 2.24) is 25.2 Å². The van der Waals surface area contributed by atoms with E-state index in [0.717, 1.165) is 37.2 Å². The summed E-state index contributed by atoms with van der Waals surface area (Å²) in [5.41, 5.74) is 3.37. The summed E-state index contributed by atoms with van der Waals surface area (Å²) in [5.74, 6) is 1.18. The summed E-state index contributed by atoms with van der Waals surface area (Å²) in [5, 5.41) is 10.8. The lowest BCUT2D eigenvalue weighted by atomic mass is 9.90. The lowest BCUT2D eigenvalue weighted by Crippen LogP contribution is -2.48. The molecule has 0 spiro atoms. The third-order valence-corrected chi connectivity index (χ3v) is 6.94. The standard InChI is InChI=1S/C27H31N5O3/c1-18(31-14-20(15-31)13-26(33)25-16-32(30-29-25)23-9-10-23)21-7-11-24(12-8-21)35-17-19-3-5-22(6-4-19)27(34)28-2/h3-8,11-12,16,18,20,23H,9-10,13-15,17H2,1-2H3,(H,28,34).